The van der Waals surface area contributed by atoms with Crippen LogP contribution >= 0.6 is 0 Å². The Morgan fingerprint density at radius 3 is 2.83 bits per heavy atom. The van der Waals surface area contributed by atoms with Crippen LogP contribution in [0.4, 0.5) is 6.01 Å². The molecular weight excluding hydrogens is 226 g/mol. The lowest BCUT2D eigenvalue weighted by molar-refractivity contribution is 0.347. The van der Waals surface area contributed by atoms with E-state index in [4.69, 9.17) is 10.2 Å². The van der Waals surface area contributed by atoms with Crippen LogP contribution in [0, 0.1) is 5.41 Å². The highest BCUT2D eigenvalue weighted by molar-refractivity contribution is 5.74. The van der Waals surface area contributed by atoms with Crippen LogP contribution in [-0.4, -0.2) is 18.1 Å². The number of nitrogens with two attached hydrogens (primary N) is 1. The average molecular weight is 247 g/mol. The first-order chi connectivity index (χ1) is 8.61. The maximum Gasteiger partial charge on any atom is 0.295 e. The summed E-state index contributed by atoms with van der Waals surface area (Å²) in [4.78, 5) is 4.39. The number of para-hydroxylation sites is 2. The number of rotatable bonds is 6. The number of benzene rings is 1. The van der Waals surface area contributed by atoms with Gasteiger partial charge in [-0.2, -0.15) is 4.98 Å². The standard InChI is InChI=1S/C14H21N3O/c1-14(2,8-5-9-15)10-16-13-17-11-6-3-4-7-12(11)18-13/h3-4,6-7H,5,8-10,15H2,1-2H3,(H,16,17). The molecule has 0 aliphatic carbocycles. The van der Waals surface area contributed by atoms with E-state index in [0.29, 0.717) is 6.01 Å². The van der Waals surface area contributed by atoms with Gasteiger partial charge in [-0.3, -0.25) is 0 Å². The molecule has 0 radical (unpaired) electrons. The van der Waals surface area contributed by atoms with Crippen LogP contribution in [0.5, 0.6) is 0 Å². The number of hydrogen-bond donors (Lipinski definition) is 2. The Bertz CT molecular complexity index is 471. The molecule has 1 aromatic carbocycles. The zero-order valence-corrected chi connectivity index (χ0v) is 11.1. The third-order valence-corrected chi connectivity index (χ3v) is 3.07. The van der Waals surface area contributed by atoms with Crippen molar-refractivity contribution in [3.8, 4) is 0 Å². The topological polar surface area (TPSA) is 64.1 Å². The zero-order valence-electron chi connectivity index (χ0n) is 11.1. The Labute approximate surface area is 108 Å². The van der Waals surface area contributed by atoms with E-state index in [0.717, 1.165) is 37.0 Å². The van der Waals surface area contributed by atoms with Gasteiger partial charge in [-0.05, 0) is 36.9 Å². The first-order valence-corrected chi connectivity index (χ1v) is 6.40. The van der Waals surface area contributed by atoms with Gasteiger partial charge in [-0.1, -0.05) is 26.0 Å². The molecule has 3 N–H and O–H groups in total. The Morgan fingerprint density at radius 1 is 1.33 bits per heavy atom. The van der Waals surface area contributed by atoms with Crippen LogP contribution in [0.3, 0.4) is 0 Å². The van der Waals surface area contributed by atoms with Crippen LogP contribution in [0.25, 0.3) is 11.1 Å². The second-order valence-corrected chi connectivity index (χ2v) is 5.40. The molecule has 4 heteroatoms. The molecule has 0 saturated carbocycles. The van der Waals surface area contributed by atoms with E-state index in [1.54, 1.807) is 0 Å². The maximum absolute atomic E-state index is 5.62. The molecular formula is C14H21N3O. The number of oxazole rings is 1. The molecule has 0 aliphatic rings. The highest BCUT2D eigenvalue weighted by Crippen LogP contribution is 2.24. The lowest BCUT2D eigenvalue weighted by Crippen LogP contribution is -2.24. The molecule has 4 nitrogen and oxygen atoms in total. The van der Waals surface area contributed by atoms with E-state index in [-0.39, 0.29) is 5.41 Å². The van der Waals surface area contributed by atoms with Gasteiger partial charge in [0, 0.05) is 6.54 Å². The van der Waals surface area contributed by atoms with Crippen molar-refractivity contribution in [1.29, 1.82) is 0 Å². The van der Waals surface area contributed by atoms with E-state index in [2.05, 4.69) is 24.1 Å². The van der Waals surface area contributed by atoms with Crippen molar-refractivity contribution in [3.05, 3.63) is 24.3 Å². The van der Waals surface area contributed by atoms with E-state index >= 15 is 0 Å². The van der Waals surface area contributed by atoms with Crippen LogP contribution < -0.4 is 11.1 Å². The molecule has 1 heterocycles. The predicted octanol–water partition coefficient (Wildman–Crippen LogP) is 3.00. The molecule has 98 valence electrons. The van der Waals surface area contributed by atoms with Gasteiger partial charge < -0.3 is 15.5 Å². The number of nitrogens with zero attached hydrogens (tertiary/aromatic N) is 1. The summed E-state index contributed by atoms with van der Waals surface area (Å²) in [6, 6.07) is 8.37. The van der Waals surface area contributed by atoms with Crippen molar-refractivity contribution < 1.29 is 4.42 Å². The second kappa shape index (κ2) is 5.40. The maximum atomic E-state index is 5.62. The Balaban J connectivity index is 1.97. The molecule has 0 aliphatic heterocycles. The summed E-state index contributed by atoms with van der Waals surface area (Å²) in [5, 5.41) is 3.26. The van der Waals surface area contributed by atoms with Gasteiger partial charge in [0.1, 0.15) is 5.52 Å². The predicted molar refractivity (Wildman–Crippen MR) is 74.6 cm³/mol. The third-order valence-electron chi connectivity index (χ3n) is 3.07. The van der Waals surface area contributed by atoms with Crippen LogP contribution in [-0.2, 0) is 0 Å². The van der Waals surface area contributed by atoms with E-state index < -0.39 is 0 Å². The molecule has 18 heavy (non-hydrogen) atoms. The summed E-state index contributed by atoms with van der Waals surface area (Å²) in [5.41, 5.74) is 7.45. The summed E-state index contributed by atoms with van der Waals surface area (Å²) in [6.45, 7) is 6.02. The van der Waals surface area contributed by atoms with Gasteiger partial charge in [-0.15, -0.1) is 0 Å². The van der Waals surface area contributed by atoms with Crippen LogP contribution in [0.2, 0.25) is 0 Å². The number of nitrogens with one attached hydrogen (secondary N) is 1. The summed E-state index contributed by atoms with van der Waals surface area (Å²) in [7, 11) is 0. The minimum Gasteiger partial charge on any atom is -0.424 e. The van der Waals surface area contributed by atoms with Crippen molar-refractivity contribution in [2.75, 3.05) is 18.4 Å². The fourth-order valence-electron chi connectivity index (χ4n) is 1.93. The van der Waals surface area contributed by atoms with Gasteiger partial charge in [0.05, 0.1) is 0 Å². The molecule has 2 aromatic rings. The molecule has 0 atom stereocenters. The van der Waals surface area contributed by atoms with E-state index in [9.17, 15) is 0 Å². The summed E-state index contributed by atoms with van der Waals surface area (Å²) >= 11 is 0. The van der Waals surface area contributed by atoms with Gasteiger partial charge >= 0.3 is 0 Å². The van der Waals surface area contributed by atoms with Crippen LogP contribution in [0.1, 0.15) is 26.7 Å². The van der Waals surface area contributed by atoms with Gasteiger partial charge in [0.2, 0.25) is 0 Å². The van der Waals surface area contributed by atoms with E-state index in [1.807, 2.05) is 24.3 Å². The first kappa shape index (κ1) is 12.9. The Hall–Kier alpha value is -1.55. The lowest BCUT2D eigenvalue weighted by atomic mass is 9.88. The highest BCUT2D eigenvalue weighted by atomic mass is 16.4. The molecule has 0 saturated heterocycles. The minimum atomic E-state index is 0.194. The number of fused-ring (bicyclic) bond motifs is 1. The number of aromatic nitrogens is 1. The fourth-order valence-corrected chi connectivity index (χ4v) is 1.93. The average Bonchev–Trinajstić information content (AvgIpc) is 2.77. The van der Waals surface area contributed by atoms with Crippen LogP contribution in [0.15, 0.2) is 28.7 Å². The largest absolute Gasteiger partial charge is 0.424 e. The van der Waals surface area contributed by atoms with Crippen molar-refractivity contribution >= 4 is 17.1 Å². The number of hydrogen-bond acceptors (Lipinski definition) is 4. The molecule has 0 bridgehead atoms. The SMILES string of the molecule is CC(C)(CCCN)CNc1nc2ccccc2o1. The van der Waals surface area contributed by atoms with Crippen molar-refractivity contribution in [3.63, 3.8) is 0 Å². The molecule has 0 spiro atoms. The molecule has 2 rings (SSSR count). The van der Waals surface area contributed by atoms with Crippen molar-refractivity contribution in [2.45, 2.75) is 26.7 Å². The van der Waals surface area contributed by atoms with Gasteiger partial charge in [0.25, 0.3) is 6.01 Å². The fraction of sp³-hybridized carbons (Fsp3) is 0.500. The molecule has 0 amide bonds. The summed E-state index contributed by atoms with van der Waals surface area (Å²) in [5.74, 6) is 0. The zero-order chi connectivity index (χ0) is 13.0. The molecule has 1 aromatic heterocycles. The second-order valence-electron chi connectivity index (χ2n) is 5.40. The van der Waals surface area contributed by atoms with Crippen molar-refractivity contribution in [2.24, 2.45) is 11.1 Å². The highest BCUT2D eigenvalue weighted by Gasteiger charge is 2.18. The third kappa shape index (κ3) is 3.23. The first-order valence-electron chi connectivity index (χ1n) is 6.40. The lowest BCUT2D eigenvalue weighted by Gasteiger charge is -2.24. The quantitative estimate of drug-likeness (QED) is 0.823. The Morgan fingerprint density at radius 2 is 2.11 bits per heavy atom. The monoisotopic (exact) mass is 247 g/mol. The molecule has 0 fully saturated rings. The normalized spacial score (nSPS) is 11.9. The van der Waals surface area contributed by atoms with E-state index in [1.165, 1.54) is 0 Å². The van der Waals surface area contributed by atoms with Gasteiger partial charge in [-0.25, -0.2) is 0 Å². The van der Waals surface area contributed by atoms with Crippen molar-refractivity contribution in [1.82, 2.24) is 4.98 Å². The summed E-state index contributed by atoms with van der Waals surface area (Å²) < 4.78 is 5.62. The smallest absolute Gasteiger partial charge is 0.295 e. The summed E-state index contributed by atoms with van der Waals surface area (Å²) in [6.07, 6.45) is 2.14. The minimum absolute atomic E-state index is 0.194. The van der Waals surface area contributed by atoms with Gasteiger partial charge in [0.15, 0.2) is 5.58 Å². The number of anilines is 1. The Kier molecular flexibility index (Phi) is 3.87. The molecule has 0 unspecified atom stereocenters.